The van der Waals surface area contributed by atoms with E-state index in [-0.39, 0.29) is 44.1 Å². The Kier molecular flexibility index (Phi) is 7.40. The summed E-state index contributed by atoms with van der Waals surface area (Å²) >= 11 is 1.60. The van der Waals surface area contributed by atoms with Gasteiger partial charge in [-0.15, -0.1) is 24.9 Å². The SMILES string of the molecule is C=CCCOC(=O)[C@@H]1[C@H]2C(=O)N(CCO)C(C(=O)N(CC=C)c3cc(C)ccc3C)C23CC[C@@]1(C)S3. The van der Waals surface area contributed by atoms with Gasteiger partial charge in [0.25, 0.3) is 5.91 Å². The highest BCUT2D eigenvalue weighted by Gasteiger charge is 2.77. The topological polar surface area (TPSA) is 87.1 Å². The maximum absolute atomic E-state index is 14.4. The first-order chi connectivity index (χ1) is 17.1. The number of β-amino-alcohol motifs (C(OH)–C–C–N with tert-alkyl or cyclic N) is 1. The Morgan fingerprint density at radius 3 is 2.69 bits per heavy atom. The highest BCUT2D eigenvalue weighted by atomic mass is 32.2. The average Bonchev–Trinajstić information content (AvgIpc) is 3.40. The molecule has 2 bridgehead atoms. The van der Waals surface area contributed by atoms with Crippen molar-refractivity contribution in [2.45, 2.75) is 55.6 Å². The molecule has 0 aromatic heterocycles. The van der Waals surface area contributed by atoms with E-state index >= 15 is 0 Å². The smallest absolute Gasteiger partial charge is 0.311 e. The molecular formula is C28H36N2O5S. The molecule has 1 aromatic rings. The van der Waals surface area contributed by atoms with E-state index < -0.39 is 27.4 Å². The van der Waals surface area contributed by atoms with E-state index in [1.54, 1.807) is 28.8 Å². The maximum atomic E-state index is 14.4. The van der Waals surface area contributed by atoms with Gasteiger partial charge in [-0.1, -0.05) is 24.3 Å². The van der Waals surface area contributed by atoms with Crippen molar-refractivity contribution >= 4 is 35.2 Å². The highest BCUT2D eigenvalue weighted by molar-refractivity contribution is 8.02. The van der Waals surface area contributed by atoms with Crippen molar-refractivity contribution in [3.63, 3.8) is 0 Å². The molecule has 5 atom stereocenters. The number of anilines is 1. The lowest BCUT2D eigenvalue weighted by atomic mass is 9.66. The number of nitrogens with zero attached hydrogens (tertiary/aromatic N) is 2. The summed E-state index contributed by atoms with van der Waals surface area (Å²) < 4.78 is 4.32. The minimum Gasteiger partial charge on any atom is -0.465 e. The molecule has 8 heteroatoms. The second kappa shape index (κ2) is 10.1. The molecular weight excluding hydrogens is 476 g/mol. The lowest BCUT2D eigenvalue weighted by Crippen LogP contribution is -2.55. The summed E-state index contributed by atoms with van der Waals surface area (Å²) in [4.78, 5) is 44.8. The van der Waals surface area contributed by atoms with Crippen molar-refractivity contribution in [1.82, 2.24) is 4.90 Å². The van der Waals surface area contributed by atoms with Crippen LogP contribution in [0.4, 0.5) is 5.69 Å². The van der Waals surface area contributed by atoms with Crippen LogP contribution in [0.2, 0.25) is 0 Å². The Balaban J connectivity index is 1.77. The molecule has 1 spiro atoms. The minimum atomic E-state index is -0.792. The van der Waals surface area contributed by atoms with Crippen LogP contribution in [0.15, 0.2) is 43.5 Å². The molecule has 3 heterocycles. The van der Waals surface area contributed by atoms with E-state index in [9.17, 15) is 19.5 Å². The van der Waals surface area contributed by atoms with Gasteiger partial charge in [-0.25, -0.2) is 0 Å². The van der Waals surface area contributed by atoms with Crippen LogP contribution in [-0.2, 0) is 19.1 Å². The molecule has 2 unspecified atom stereocenters. The largest absolute Gasteiger partial charge is 0.465 e. The van der Waals surface area contributed by atoms with E-state index in [0.717, 1.165) is 16.8 Å². The lowest BCUT2D eigenvalue weighted by molar-refractivity contribution is -0.155. The third-order valence-electron chi connectivity index (χ3n) is 7.90. The van der Waals surface area contributed by atoms with Gasteiger partial charge < -0.3 is 19.6 Å². The van der Waals surface area contributed by atoms with Gasteiger partial charge in [0, 0.05) is 23.5 Å². The van der Waals surface area contributed by atoms with Crippen LogP contribution in [0, 0.1) is 25.7 Å². The monoisotopic (exact) mass is 512 g/mol. The first-order valence-corrected chi connectivity index (χ1v) is 13.4. The summed E-state index contributed by atoms with van der Waals surface area (Å²) in [6.45, 7) is 13.8. The van der Waals surface area contributed by atoms with Crippen LogP contribution < -0.4 is 4.90 Å². The summed E-state index contributed by atoms with van der Waals surface area (Å²) in [5, 5.41) is 9.84. The number of benzene rings is 1. The molecule has 0 saturated carbocycles. The summed E-state index contributed by atoms with van der Waals surface area (Å²) in [6.07, 6.45) is 5.27. The number of aliphatic hydroxyl groups is 1. The second-order valence-electron chi connectivity index (χ2n) is 10.3. The normalized spacial score (nSPS) is 30.3. The Morgan fingerprint density at radius 2 is 2.03 bits per heavy atom. The molecule has 3 saturated heterocycles. The first kappa shape index (κ1) is 26.5. The molecule has 7 nitrogen and oxygen atoms in total. The van der Waals surface area contributed by atoms with Gasteiger partial charge in [0.2, 0.25) is 5.91 Å². The minimum absolute atomic E-state index is 0.0394. The van der Waals surface area contributed by atoms with E-state index in [2.05, 4.69) is 13.2 Å². The van der Waals surface area contributed by atoms with Crippen LogP contribution in [0.1, 0.15) is 37.3 Å². The van der Waals surface area contributed by atoms with Crippen LogP contribution in [0.25, 0.3) is 0 Å². The summed E-state index contributed by atoms with van der Waals surface area (Å²) in [5.74, 6) is -2.14. The van der Waals surface area contributed by atoms with Gasteiger partial charge >= 0.3 is 5.97 Å². The predicted molar refractivity (Wildman–Crippen MR) is 142 cm³/mol. The Hall–Kier alpha value is -2.58. The van der Waals surface area contributed by atoms with Crippen molar-refractivity contribution in [1.29, 1.82) is 0 Å². The van der Waals surface area contributed by atoms with E-state index in [1.165, 1.54) is 4.90 Å². The second-order valence-corrected chi connectivity index (χ2v) is 12.2. The third-order valence-corrected chi connectivity index (χ3v) is 9.89. The Labute approximate surface area is 217 Å². The number of likely N-dealkylation sites (tertiary alicyclic amines) is 1. The highest BCUT2D eigenvalue weighted by Crippen LogP contribution is 2.71. The number of esters is 1. The molecule has 3 fully saturated rings. The van der Waals surface area contributed by atoms with E-state index in [0.29, 0.717) is 19.3 Å². The summed E-state index contributed by atoms with van der Waals surface area (Å²) in [5.41, 5.74) is 2.75. The number of hydrogen-bond acceptors (Lipinski definition) is 6. The average molecular weight is 513 g/mol. The van der Waals surface area contributed by atoms with Crippen LogP contribution >= 0.6 is 11.8 Å². The van der Waals surface area contributed by atoms with Crippen molar-refractivity contribution in [3.8, 4) is 0 Å². The standard InChI is InChI=1S/C28H36N2O5S/c1-6-8-16-35-26(34)22-21-24(32)30(14-15-31)23(28(21)12-11-27(22,5)36-28)25(33)29(13-7-2)20-17-18(3)9-10-19(20)4/h6-7,9-10,17,21-23,31H,1-2,8,11-16H2,3-5H3/t21-,22-,23?,27+,28?/m0/s1. The molecule has 0 radical (unpaired) electrons. The number of rotatable bonds is 10. The van der Waals surface area contributed by atoms with Crippen LogP contribution in [0.3, 0.4) is 0 Å². The fraction of sp³-hybridized carbons (Fsp3) is 0.536. The summed E-state index contributed by atoms with van der Waals surface area (Å²) in [6, 6.07) is 5.16. The number of thioether (sulfide) groups is 1. The number of amides is 2. The van der Waals surface area contributed by atoms with Crippen molar-refractivity contribution in [2.75, 3.05) is 31.2 Å². The number of aliphatic hydroxyl groups excluding tert-OH is 1. The van der Waals surface area contributed by atoms with Crippen molar-refractivity contribution in [3.05, 3.63) is 54.6 Å². The van der Waals surface area contributed by atoms with Gasteiger partial charge in [0.05, 0.1) is 29.8 Å². The van der Waals surface area contributed by atoms with Gasteiger partial charge in [-0.2, -0.15) is 0 Å². The van der Waals surface area contributed by atoms with Crippen LogP contribution in [-0.4, -0.2) is 69.6 Å². The first-order valence-electron chi connectivity index (χ1n) is 12.5. The number of carbonyl (C=O) groups is 3. The zero-order valence-corrected chi connectivity index (χ0v) is 22.2. The Morgan fingerprint density at radius 1 is 1.28 bits per heavy atom. The molecule has 4 rings (SSSR count). The third kappa shape index (κ3) is 4.08. The molecule has 194 valence electrons. The van der Waals surface area contributed by atoms with Gasteiger partial charge in [0.15, 0.2) is 0 Å². The quantitative estimate of drug-likeness (QED) is 0.294. The van der Waals surface area contributed by atoms with E-state index in [4.69, 9.17) is 4.74 Å². The fourth-order valence-corrected chi connectivity index (χ4v) is 8.68. The molecule has 3 aliphatic rings. The maximum Gasteiger partial charge on any atom is 0.311 e. The molecule has 1 aromatic carbocycles. The van der Waals surface area contributed by atoms with Crippen molar-refractivity contribution < 1.29 is 24.2 Å². The summed E-state index contributed by atoms with van der Waals surface area (Å²) in [7, 11) is 0. The lowest BCUT2D eigenvalue weighted by Gasteiger charge is -2.37. The fourth-order valence-electron chi connectivity index (χ4n) is 6.34. The van der Waals surface area contributed by atoms with Crippen LogP contribution in [0.5, 0.6) is 0 Å². The molecule has 36 heavy (non-hydrogen) atoms. The number of fused-ring (bicyclic) bond motifs is 1. The van der Waals surface area contributed by atoms with Crippen molar-refractivity contribution in [2.24, 2.45) is 11.8 Å². The molecule has 3 aliphatic heterocycles. The molecule has 2 amide bonds. The predicted octanol–water partition coefficient (Wildman–Crippen LogP) is 3.42. The number of hydrogen-bond donors (Lipinski definition) is 1. The molecule has 1 N–H and O–H groups in total. The van der Waals surface area contributed by atoms with Gasteiger partial charge in [-0.05, 0) is 57.2 Å². The Bertz CT molecular complexity index is 1090. The zero-order chi connectivity index (χ0) is 26.3. The molecule has 0 aliphatic carbocycles. The van der Waals surface area contributed by atoms with Gasteiger partial charge in [0.1, 0.15) is 6.04 Å². The van der Waals surface area contributed by atoms with Gasteiger partial charge in [-0.3, -0.25) is 14.4 Å². The number of ether oxygens (including phenoxy) is 1. The number of aryl methyl sites for hydroxylation is 2. The zero-order valence-electron chi connectivity index (χ0n) is 21.4. The van der Waals surface area contributed by atoms with E-state index in [1.807, 2.05) is 39.0 Å². The number of carbonyl (C=O) groups excluding carboxylic acids is 3.